The molecule has 1 amide bonds. The first kappa shape index (κ1) is 11.3. The summed E-state index contributed by atoms with van der Waals surface area (Å²) < 4.78 is 0. The summed E-state index contributed by atoms with van der Waals surface area (Å²) in [5.74, 6) is -0.0255. The number of rotatable bonds is 0. The number of amides is 1. The van der Waals surface area contributed by atoms with E-state index in [-0.39, 0.29) is 11.3 Å². The predicted octanol–water partition coefficient (Wildman–Crippen LogP) is 1.70. The van der Waals surface area contributed by atoms with Crippen LogP contribution < -0.4 is 4.90 Å². The SMILES string of the molecule is CC(=O)N1c2ccccc2C2=NN(C)C(=N)S[C@H]21. The van der Waals surface area contributed by atoms with Crippen molar-refractivity contribution < 1.29 is 4.79 Å². The molecule has 3 rings (SSSR count). The lowest BCUT2D eigenvalue weighted by Gasteiger charge is -2.29. The van der Waals surface area contributed by atoms with Gasteiger partial charge in [0.25, 0.3) is 0 Å². The number of para-hydroxylation sites is 1. The maximum absolute atomic E-state index is 11.8. The fourth-order valence-electron chi connectivity index (χ4n) is 2.22. The Morgan fingerprint density at radius 3 is 2.89 bits per heavy atom. The van der Waals surface area contributed by atoms with Crippen LogP contribution in [0, 0.1) is 5.41 Å². The van der Waals surface area contributed by atoms with Crippen molar-refractivity contribution in [3.63, 3.8) is 0 Å². The molecule has 2 aliphatic heterocycles. The fraction of sp³-hybridized carbons (Fsp3) is 0.250. The maximum atomic E-state index is 11.8. The zero-order valence-corrected chi connectivity index (χ0v) is 10.9. The first-order chi connectivity index (χ1) is 8.59. The van der Waals surface area contributed by atoms with E-state index in [1.165, 1.54) is 16.8 Å². The van der Waals surface area contributed by atoms with Gasteiger partial charge in [0.1, 0.15) is 11.1 Å². The van der Waals surface area contributed by atoms with Crippen molar-refractivity contribution in [1.29, 1.82) is 5.41 Å². The Hall–Kier alpha value is -1.82. The molecule has 0 aromatic heterocycles. The van der Waals surface area contributed by atoms with E-state index in [4.69, 9.17) is 5.41 Å². The zero-order chi connectivity index (χ0) is 12.9. The van der Waals surface area contributed by atoms with Crippen molar-refractivity contribution >= 4 is 34.2 Å². The van der Waals surface area contributed by atoms with Crippen LogP contribution in [0.4, 0.5) is 5.69 Å². The molecule has 6 heteroatoms. The Balaban J connectivity index is 2.19. The number of nitrogens with zero attached hydrogens (tertiary/aromatic N) is 3. The summed E-state index contributed by atoms with van der Waals surface area (Å²) in [4.78, 5) is 13.5. The summed E-state index contributed by atoms with van der Waals surface area (Å²) in [6, 6.07) is 7.73. The Morgan fingerprint density at radius 1 is 1.44 bits per heavy atom. The molecule has 0 unspecified atom stereocenters. The average Bonchev–Trinajstić information content (AvgIpc) is 2.64. The molecule has 0 bridgehead atoms. The summed E-state index contributed by atoms with van der Waals surface area (Å²) in [5, 5.41) is 13.9. The molecular formula is C12H12N4OS. The second-order valence-corrected chi connectivity index (χ2v) is 5.26. The number of hydrazone groups is 1. The Labute approximate surface area is 109 Å². The minimum absolute atomic E-state index is 0.0255. The number of hydrogen-bond acceptors (Lipinski definition) is 4. The third-order valence-corrected chi connectivity index (χ3v) is 4.17. The van der Waals surface area contributed by atoms with Crippen LogP contribution in [0.25, 0.3) is 0 Å². The average molecular weight is 260 g/mol. The molecule has 1 aromatic carbocycles. The molecule has 1 atom stereocenters. The monoisotopic (exact) mass is 260 g/mol. The van der Waals surface area contributed by atoms with Gasteiger partial charge in [0.15, 0.2) is 5.17 Å². The van der Waals surface area contributed by atoms with E-state index in [1.54, 1.807) is 18.9 Å². The molecule has 0 saturated carbocycles. The topological polar surface area (TPSA) is 59.8 Å². The summed E-state index contributed by atoms with van der Waals surface area (Å²) in [5.41, 5.74) is 2.71. The Kier molecular flexibility index (Phi) is 2.41. The third-order valence-electron chi connectivity index (χ3n) is 3.02. The molecule has 1 N–H and O–H groups in total. The molecule has 18 heavy (non-hydrogen) atoms. The molecule has 0 aliphatic carbocycles. The number of benzene rings is 1. The van der Waals surface area contributed by atoms with Gasteiger partial charge in [0.05, 0.1) is 5.69 Å². The lowest BCUT2D eigenvalue weighted by molar-refractivity contribution is -0.116. The highest BCUT2D eigenvalue weighted by atomic mass is 32.2. The first-order valence-corrected chi connectivity index (χ1v) is 6.44. The second kappa shape index (κ2) is 3.84. The summed E-state index contributed by atoms with van der Waals surface area (Å²) in [7, 11) is 1.75. The van der Waals surface area contributed by atoms with E-state index in [1.807, 2.05) is 24.3 Å². The van der Waals surface area contributed by atoms with Gasteiger partial charge in [0.2, 0.25) is 5.91 Å². The third kappa shape index (κ3) is 1.45. The molecule has 5 nitrogen and oxygen atoms in total. The molecule has 0 radical (unpaired) electrons. The number of carbonyl (C=O) groups is 1. The van der Waals surface area contributed by atoms with Gasteiger partial charge in [-0.05, 0) is 6.07 Å². The number of nitrogens with one attached hydrogen (secondary N) is 1. The van der Waals surface area contributed by atoms with Crippen LogP contribution in [0.3, 0.4) is 0 Å². The Bertz CT molecular complexity index is 583. The largest absolute Gasteiger partial charge is 0.293 e. The summed E-state index contributed by atoms with van der Waals surface area (Å²) in [6.45, 7) is 1.54. The van der Waals surface area contributed by atoms with Crippen LogP contribution in [0.1, 0.15) is 12.5 Å². The molecular weight excluding hydrogens is 248 g/mol. The number of amidine groups is 1. The number of thioether (sulfide) groups is 1. The van der Waals surface area contributed by atoms with E-state index in [0.29, 0.717) is 5.17 Å². The van der Waals surface area contributed by atoms with Gasteiger partial charge < -0.3 is 0 Å². The number of carbonyl (C=O) groups excluding carboxylic acids is 1. The zero-order valence-electron chi connectivity index (χ0n) is 10.0. The van der Waals surface area contributed by atoms with Crippen molar-refractivity contribution in [2.24, 2.45) is 5.10 Å². The lowest BCUT2D eigenvalue weighted by Crippen LogP contribution is -2.42. The number of hydrogen-bond donors (Lipinski definition) is 1. The lowest BCUT2D eigenvalue weighted by atomic mass is 10.1. The van der Waals surface area contributed by atoms with E-state index >= 15 is 0 Å². The molecule has 2 aliphatic rings. The van der Waals surface area contributed by atoms with E-state index < -0.39 is 0 Å². The number of anilines is 1. The molecule has 92 valence electrons. The molecule has 1 aromatic rings. The standard InChI is InChI=1S/C12H12N4OS/c1-7(17)16-9-6-4-3-5-8(9)10-11(16)18-12(13)15(2)14-10/h3-6,11,13H,1-2H3/t11-/m1/s1. The van der Waals surface area contributed by atoms with E-state index in [0.717, 1.165) is 17.0 Å². The van der Waals surface area contributed by atoms with Crippen molar-refractivity contribution in [2.45, 2.75) is 12.3 Å². The number of fused-ring (bicyclic) bond motifs is 3. The van der Waals surface area contributed by atoms with E-state index in [9.17, 15) is 4.79 Å². The van der Waals surface area contributed by atoms with Crippen LogP contribution >= 0.6 is 11.8 Å². The van der Waals surface area contributed by atoms with Gasteiger partial charge >= 0.3 is 0 Å². The van der Waals surface area contributed by atoms with Gasteiger partial charge in [-0.25, -0.2) is 5.01 Å². The van der Waals surface area contributed by atoms with E-state index in [2.05, 4.69) is 5.10 Å². The smallest absolute Gasteiger partial charge is 0.225 e. The highest BCUT2D eigenvalue weighted by Crippen LogP contribution is 2.40. The Morgan fingerprint density at radius 2 is 2.17 bits per heavy atom. The highest BCUT2D eigenvalue weighted by Gasteiger charge is 2.41. The quantitative estimate of drug-likeness (QED) is 0.772. The van der Waals surface area contributed by atoms with Crippen LogP contribution in [-0.2, 0) is 4.79 Å². The van der Waals surface area contributed by atoms with Crippen molar-refractivity contribution in [3.05, 3.63) is 29.8 Å². The van der Waals surface area contributed by atoms with Gasteiger partial charge in [-0.1, -0.05) is 30.0 Å². The van der Waals surface area contributed by atoms with Gasteiger partial charge in [-0.15, -0.1) is 0 Å². The molecule has 2 heterocycles. The first-order valence-electron chi connectivity index (χ1n) is 5.56. The predicted molar refractivity (Wildman–Crippen MR) is 73.0 cm³/mol. The van der Waals surface area contributed by atoms with Crippen molar-refractivity contribution in [2.75, 3.05) is 11.9 Å². The van der Waals surface area contributed by atoms with Crippen molar-refractivity contribution in [1.82, 2.24) is 5.01 Å². The molecule has 0 saturated heterocycles. The van der Waals surface area contributed by atoms with Crippen molar-refractivity contribution in [3.8, 4) is 0 Å². The second-order valence-electron chi connectivity index (χ2n) is 4.19. The molecule has 0 fully saturated rings. The molecule has 0 spiro atoms. The van der Waals surface area contributed by atoms with Crippen LogP contribution in [0.15, 0.2) is 29.4 Å². The summed E-state index contributed by atoms with van der Waals surface area (Å²) in [6.07, 6.45) is 0. The summed E-state index contributed by atoms with van der Waals surface area (Å²) >= 11 is 1.34. The van der Waals surface area contributed by atoms with Crippen LogP contribution in [0.5, 0.6) is 0 Å². The minimum atomic E-state index is -0.205. The minimum Gasteiger partial charge on any atom is -0.293 e. The fourth-order valence-corrected chi connectivity index (χ4v) is 3.28. The van der Waals surface area contributed by atoms with Crippen LogP contribution in [0.2, 0.25) is 0 Å². The maximum Gasteiger partial charge on any atom is 0.225 e. The van der Waals surface area contributed by atoms with Gasteiger partial charge in [0, 0.05) is 19.5 Å². The van der Waals surface area contributed by atoms with Gasteiger partial charge in [-0.2, -0.15) is 5.10 Å². The highest BCUT2D eigenvalue weighted by molar-refractivity contribution is 8.15. The normalized spacial score (nSPS) is 21.6. The van der Waals surface area contributed by atoms with Gasteiger partial charge in [-0.3, -0.25) is 15.1 Å². The van der Waals surface area contributed by atoms with Crippen LogP contribution in [-0.4, -0.2) is 34.2 Å².